The molecule has 0 saturated heterocycles. The molecule has 0 aliphatic carbocycles. The van der Waals surface area contributed by atoms with Crippen molar-refractivity contribution >= 4 is 23.5 Å². The smallest absolute Gasteiger partial charge is 0.475 e. The van der Waals surface area contributed by atoms with Crippen LogP contribution in [0.3, 0.4) is 0 Å². The lowest BCUT2D eigenvalue weighted by atomic mass is 10.1. The van der Waals surface area contributed by atoms with Crippen LogP contribution in [0.4, 0.5) is 4.79 Å². The van der Waals surface area contributed by atoms with E-state index in [-0.39, 0.29) is 6.73 Å². The number of rotatable bonds is 17. The van der Waals surface area contributed by atoms with Gasteiger partial charge in [-0.05, 0) is 12.8 Å². The molecule has 0 radical (unpaired) electrons. The molecule has 0 amide bonds. The van der Waals surface area contributed by atoms with E-state index < -0.39 is 6.16 Å². The third-order valence-corrected chi connectivity index (χ3v) is 6.58. The molecule has 2 rings (SSSR count). The van der Waals surface area contributed by atoms with Gasteiger partial charge in [0.15, 0.2) is 0 Å². The summed E-state index contributed by atoms with van der Waals surface area (Å²) in [7, 11) is 2.10. The standard InChI is InChI=1S/C25H44N3O4S/c1-4-6-8-10-11-12-14-19-31-25(29)32-21-28(3)17-15-16-22(20-28)23-24(27-33-26-23)30-18-13-9-7-5-2/h16H,4-15,17-21H2,1-3H3/q+1. The molecule has 0 spiro atoms. The average Bonchev–Trinajstić information content (AvgIpc) is 3.28. The lowest BCUT2D eigenvalue weighted by molar-refractivity contribution is -0.919. The third-order valence-electron chi connectivity index (χ3n) is 6.07. The second-order valence-electron chi connectivity index (χ2n) is 9.34. The monoisotopic (exact) mass is 482 g/mol. The molecule has 1 aromatic rings. The zero-order valence-electron chi connectivity index (χ0n) is 21.0. The summed E-state index contributed by atoms with van der Waals surface area (Å²) >= 11 is 1.19. The molecule has 1 aliphatic heterocycles. The number of aromatic nitrogens is 2. The summed E-state index contributed by atoms with van der Waals surface area (Å²) in [5.41, 5.74) is 1.95. The normalized spacial score (nSPS) is 18.1. The van der Waals surface area contributed by atoms with Crippen molar-refractivity contribution < 1.29 is 23.5 Å². The number of hydrogen-bond acceptors (Lipinski definition) is 7. The molecule has 0 aromatic carbocycles. The first-order valence-corrected chi connectivity index (χ1v) is 13.6. The van der Waals surface area contributed by atoms with Crippen LogP contribution in [0.15, 0.2) is 6.08 Å². The van der Waals surface area contributed by atoms with Crippen LogP contribution in [0.2, 0.25) is 0 Å². The van der Waals surface area contributed by atoms with Gasteiger partial charge in [0.25, 0.3) is 5.88 Å². The summed E-state index contributed by atoms with van der Waals surface area (Å²) in [4.78, 5) is 12.0. The maximum absolute atomic E-state index is 12.0. The molecule has 33 heavy (non-hydrogen) atoms. The lowest BCUT2D eigenvalue weighted by Gasteiger charge is -2.36. The molecule has 1 aliphatic rings. The Kier molecular flexibility index (Phi) is 13.4. The van der Waals surface area contributed by atoms with Crippen molar-refractivity contribution in [1.29, 1.82) is 0 Å². The number of likely N-dealkylation sites (N-methyl/N-ethyl adjacent to an activating group) is 1. The van der Waals surface area contributed by atoms with Gasteiger partial charge in [0.1, 0.15) is 12.2 Å². The average molecular weight is 483 g/mol. The van der Waals surface area contributed by atoms with Crippen LogP contribution in [0, 0.1) is 0 Å². The molecule has 188 valence electrons. The first kappa shape index (κ1) is 27.6. The number of carbonyl (C=O) groups excluding carboxylic acids is 1. The molecular formula is C25H44N3O4S+. The van der Waals surface area contributed by atoms with Crippen LogP contribution in [0.1, 0.15) is 96.6 Å². The molecule has 1 atom stereocenters. The summed E-state index contributed by atoms with van der Waals surface area (Å²) < 4.78 is 26.1. The van der Waals surface area contributed by atoms with Crippen molar-refractivity contribution in [1.82, 2.24) is 8.75 Å². The number of unbranched alkanes of at least 4 members (excludes halogenated alkanes) is 9. The second kappa shape index (κ2) is 16.0. The van der Waals surface area contributed by atoms with Crippen molar-refractivity contribution in [2.45, 2.75) is 90.9 Å². The van der Waals surface area contributed by atoms with Gasteiger partial charge in [0, 0.05) is 12.0 Å². The van der Waals surface area contributed by atoms with E-state index in [0.717, 1.165) is 50.0 Å². The summed E-state index contributed by atoms with van der Waals surface area (Å²) in [6.07, 6.45) is 15.5. The second-order valence-corrected chi connectivity index (χ2v) is 9.87. The Hall–Kier alpha value is -1.67. The molecular weight excluding hydrogens is 438 g/mol. The zero-order valence-corrected chi connectivity index (χ0v) is 21.8. The first-order valence-electron chi connectivity index (χ1n) is 12.9. The SMILES string of the molecule is CCCCCCCCCOC(=O)OC[N+]1(C)CCC=C(c2nsnc2OCCCCCC)C1. The predicted octanol–water partition coefficient (Wildman–Crippen LogP) is 6.59. The van der Waals surface area contributed by atoms with Crippen molar-refractivity contribution in [3.8, 4) is 5.88 Å². The van der Waals surface area contributed by atoms with Crippen molar-refractivity contribution in [3.05, 3.63) is 11.8 Å². The number of ether oxygens (including phenoxy) is 3. The Morgan fingerprint density at radius 1 is 0.939 bits per heavy atom. The molecule has 8 heteroatoms. The quantitative estimate of drug-likeness (QED) is 0.142. The van der Waals surface area contributed by atoms with Gasteiger partial charge in [-0.25, -0.2) is 4.79 Å². The fourth-order valence-electron chi connectivity index (χ4n) is 4.02. The minimum atomic E-state index is -0.567. The Morgan fingerprint density at radius 2 is 1.61 bits per heavy atom. The molecule has 7 nitrogen and oxygen atoms in total. The molecule has 1 unspecified atom stereocenters. The highest BCUT2D eigenvalue weighted by Crippen LogP contribution is 2.30. The minimum Gasteiger partial charge on any atom is -0.475 e. The predicted molar refractivity (Wildman–Crippen MR) is 133 cm³/mol. The van der Waals surface area contributed by atoms with E-state index in [9.17, 15) is 4.79 Å². The summed E-state index contributed by atoms with van der Waals surface area (Å²) in [5.74, 6) is 0.631. The Balaban J connectivity index is 1.69. The van der Waals surface area contributed by atoms with E-state index in [1.54, 1.807) is 0 Å². The fraction of sp³-hybridized carbons (Fsp3) is 0.800. The van der Waals surface area contributed by atoms with E-state index in [1.165, 1.54) is 63.1 Å². The van der Waals surface area contributed by atoms with E-state index in [0.29, 0.717) is 23.6 Å². The fourth-order valence-corrected chi connectivity index (χ4v) is 4.55. The molecule has 2 heterocycles. The van der Waals surface area contributed by atoms with Crippen LogP contribution in [-0.2, 0) is 9.47 Å². The maximum Gasteiger partial charge on any atom is 0.512 e. The Morgan fingerprint density at radius 3 is 2.36 bits per heavy atom. The van der Waals surface area contributed by atoms with E-state index >= 15 is 0 Å². The molecule has 0 saturated carbocycles. The molecule has 0 fully saturated rings. The number of quaternary nitrogens is 1. The molecule has 0 N–H and O–H groups in total. The van der Waals surface area contributed by atoms with Crippen LogP contribution >= 0.6 is 11.7 Å². The largest absolute Gasteiger partial charge is 0.512 e. The van der Waals surface area contributed by atoms with E-state index in [1.807, 2.05) is 0 Å². The van der Waals surface area contributed by atoms with Gasteiger partial charge in [0.2, 0.25) is 6.73 Å². The number of nitrogens with zero attached hydrogens (tertiary/aromatic N) is 3. The highest BCUT2D eigenvalue weighted by molar-refractivity contribution is 6.99. The highest BCUT2D eigenvalue weighted by atomic mass is 32.1. The third kappa shape index (κ3) is 10.9. The first-order chi connectivity index (χ1) is 16.1. The van der Waals surface area contributed by atoms with Gasteiger partial charge in [-0.3, -0.25) is 4.48 Å². The van der Waals surface area contributed by atoms with E-state index in [2.05, 4.69) is 35.7 Å². The van der Waals surface area contributed by atoms with Gasteiger partial charge >= 0.3 is 6.16 Å². The number of carbonyl (C=O) groups is 1. The molecule has 1 aromatic heterocycles. The van der Waals surface area contributed by atoms with Gasteiger partial charge in [-0.15, -0.1) is 4.37 Å². The zero-order chi connectivity index (χ0) is 23.8. The van der Waals surface area contributed by atoms with Crippen LogP contribution in [-0.4, -0.2) is 59.5 Å². The van der Waals surface area contributed by atoms with Gasteiger partial charge in [-0.2, -0.15) is 4.37 Å². The van der Waals surface area contributed by atoms with Crippen molar-refractivity contribution in [2.75, 3.05) is 40.1 Å². The van der Waals surface area contributed by atoms with Gasteiger partial charge < -0.3 is 14.2 Å². The van der Waals surface area contributed by atoms with Crippen LogP contribution in [0.25, 0.3) is 5.57 Å². The minimum absolute atomic E-state index is 0.290. The van der Waals surface area contributed by atoms with E-state index in [4.69, 9.17) is 14.2 Å². The van der Waals surface area contributed by atoms with Crippen molar-refractivity contribution in [2.24, 2.45) is 0 Å². The van der Waals surface area contributed by atoms with Crippen LogP contribution in [0.5, 0.6) is 5.88 Å². The Bertz CT molecular complexity index is 710. The maximum atomic E-state index is 12.0. The topological polar surface area (TPSA) is 70.5 Å². The number of hydrogen-bond donors (Lipinski definition) is 0. The van der Waals surface area contributed by atoms with Crippen LogP contribution < -0.4 is 4.74 Å². The summed E-state index contributed by atoms with van der Waals surface area (Å²) in [6, 6.07) is 0. The lowest BCUT2D eigenvalue weighted by Crippen LogP contribution is -2.49. The summed E-state index contributed by atoms with van der Waals surface area (Å²) in [5, 5.41) is 0. The Labute approximate surface area is 204 Å². The summed E-state index contributed by atoms with van der Waals surface area (Å²) in [6.45, 7) is 7.45. The van der Waals surface area contributed by atoms with Crippen molar-refractivity contribution in [3.63, 3.8) is 0 Å². The van der Waals surface area contributed by atoms with Gasteiger partial charge in [0.05, 0.1) is 38.5 Å². The highest BCUT2D eigenvalue weighted by Gasteiger charge is 2.31. The molecule has 0 bridgehead atoms. The van der Waals surface area contributed by atoms with Gasteiger partial charge in [-0.1, -0.05) is 77.7 Å².